The fourth-order valence-corrected chi connectivity index (χ4v) is 3.26. The van der Waals surface area contributed by atoms with Crippen molar-refractivity contribution in [3.63, 3.8) is 0 Å². The van der Waals surface area contributed by atoms with Gasteiger partial charge in [-0.1, -0.05) is 39.3 Å². The quantitative estimate of drug-likeness (QED) is 0.740. The highest BCUT2D eigenvalue weighted by atomic mass is 32.1. The summed E-state index contributed by atoms with van der Waals surface area (Å²) in [5.74, 6) is 0.837. The van der Waals surface area contributed by atoms with Gasteiger partial charge < -0.3 is 0 Å². The Balaban J connectivity index is 3.01. The van der Waals surface area contributed by atoms with Crippen LogP contribution in [0.5, 0.6) is 0 Å². The van der Waals surface area contributed by atoms with E-state index in [2.05, 4.69) is 41.2 Å². The minimum atomic E-state index is 0.837. The molecule has 1 aromatic heterocycles. The van der Waals surface area contributed by atoms with E-state index < -0.39 is 0 Å². The van der Waals surface area contributed by atoms with Gasteiger partial charge in [-0.25, -0.2) is 0 Å². The fraction of sp³-hybridized carbons (Fsp3) is 0.625. The maximum absolute atomic E-state index is 4.25. The monoisotopic (exact) mass is 250 g/mol. The summed E-state index contributed by atoms with van der Waals surface area (Å²) in [5.41, 5.74) is 2.92. The van der Waals surface area contributed by atoms with Gasteiger partial charge in [0.15, 0.2) is 0 Å². The van der Waals surface area contributed by atoms with Crippen LogP contribution in [0, 0.1) is 12.8 Å². The van der Waals surface area contributed by atoms with Crippen molar-refractivity contribution in [3.8, 4) is 0 Å². The van der Waals surface area contributed by atoms with Gasteiger partial charge in [0, 0.05) is 9.41 Å². The second-order valence-electron chi connectivity index (χ2n) is 5.14. The summed E-state index contributed by atoms with van der Waals surface area (Å²) < 4.78 is 1.43. The van der Waals surface area contributed by atoms with Crippen LogP contribution in [-0.4, -0.2) is 0 Å². The Kier molecular flexibility index (Phi) is 5.45. The van der Waals surface area contributed by atoms with Gasteiger partial charge in [-0.2, -0.15) is 0 Å². The van der Waals surface area contributed by atoms with Crippen molar-refractivity contribution < 1.29 is 0 Å². The van der Waals surface area contributed by atoms with Gasteiger partial charge in [0.05, 0.1) is 0 Å². The fourth-order valence-electron chi connectivity index (χ4n) is 1.93. The molecule has 0 aliphatic heterocycles. The van der Waals surface area contributed by atoms with Gasteiger partial charge in [-0.05, 0) is 49.8 Å². The average Bonchev–Trinajstić information content (AvgIpc) is 2.62. The molecule has 0 aromatic carbocycles. The molecule has 0 N–H and O–H groups in total. The first-order valence-corrected chi connectivity index (χ1v) is 7.59. The van der Waals surface area contributed by atoms with Crippen molar-refractivity contribution in [1.29, 1.82) is 0 Å². The number of rotatable bonds is 5. The summed E-state index contributed by atoms with van der Waals surface area (Å²) in [4.78, 5) is 1.55. The number of aryl methyl sites for hydroxylation is 1. The number of thiophene rings is 1. The van der Waals surface area contributed by atoms with Crippen LogP contribution in [0.15, 0.2) is 0 Å². The largest absolute Gasteiger partial charge is 0.140 e. The highest BCUT2D eigenvalue weighted by Gasteiger charge is 2.07. The molecule has 0 radical (unpaired) electrons. The van der Waals surface area contributed by atoms with E-state index in [0.29, 0.717) is 0 Å². The van der Waals surface area contributed by atoms with Crippen molar-refractivity contribution in [3.05, 3.63) is 20.2 Å². The first-order valence-electron chi connectivity index (χ1n) is 6.78. The van der Waals surface area contributed by atoms with Gasteiger partial charge in [-0.15, -0.1) is 11.3 Å². The maximum atomic E-state index is 4.25. The Hall–Kier alpha value is -0.560. The second kappa shape index (κ2) is 6.39. The summed E-state index contributed by atoms with van der Waals surface area (Å²) in [7, 11) is 0. The van der Waals surface area contributed by atoms with Crippen molar-refractivity contribution in [2.45, 2.75) is 60.3 Å². The predicted molar refractivity (Wildman–Crippen MR) is 81.0 cm³/mol. The lowest BCUT2D eigenvalue weighted by Crippen LogP contribution is -2.20. The Bertz CT molecular complexity index is 464. The molecule has 0 nitrogen and oxygen atoms in total. The summed E-state index contributed by atoms with van der Waals surface area (Å²) in [6.45, 7) is 15.6. The first kappa shape index (κ1) is 14.5. The number of hydrogen-bond donors (Lipinski definition) is 0. The molecule has 1 heteroatoms. The molecule has 1 aromatic rings. The van der Waals surface area contributed by atoms with E-state index in [-0.39, 0.29) is 0 Å². The molecule has 0 spiro atoms. The van der Waals surface area contributed by atoms with E-state index >= 15 is 0 Å². The average molecular weight is 250 g/mol. The lowest BCUT2D eigenvalue weighted by molar-refractivity contribution is 0.518. The van der Waals surface area contributed by atoms with Crippen LogP contribution < -0.4 is 9.75 Å². The molecule has 0 amide bonds. The predicted octanol–water partition coefficient (Wildman–Crippen LogP) is 4.03. The van der Waals surface area contributed by atoms with E-state index in [1.54, 1.807) is 4.88 Å². The third-order valence-electron chi connectivity index (χ3n) is 3.85. The lowest BCUT2D eigenvalue weighted by atomic mass is 10.0. The zero-order valence-corrected chi connectivity index (χ0v) is 12.8. The molecule has 1 heterocycles. The van der Waals surface area contributed by atoms with Crippen molar-refractivity contribution >= 4 is 23.5 Å². The molecule has 0 bridgehead atoms. The summed E-state index contributed by atoms with van der Waals surface area (Å²) in [5, 5.41) is 1.27. The second-order valence-corrected chi connectivity index (χ2v) is 6.25. The van der Waals surface area contributed by atoms with E-state index in [0.717, 1.165) is 12.3 Å². The third kappa shape index (κ3) is 3.45. The highest BCUT2D eigenvalue weighted by molar-refractivity contribution is 7.10. The van der Waals surface area contributed by atoms with Gasteiger partial charge in [-0.3, -0.25) is 0 Å². The summed E-state index contributed by atoms with van der Waals surface area (Å²) >= 11 is 1.97. The van der Waals surface area contributed by atoms with Crippen molar-refractivity contribution in [2.24, 2.45) is 5.92 Å². The van der Waals surface area contributed by atoms with E-state index in [4.69, 9.17) is 0 Å². The van der Waals surface area contributed by atoms with Crippen LogP contribution in [0.25, 0.3) is 12.2 Å². The van der Waals surface area contributed by atoms with Crippen LogP contribution in [0.4, 0.5) is 0 Å². The Morgan fingerprint density at radius 2 is 2.00 bits per heavy atom. The van der Waals surface area contributed by atoms with E-state index in [9.17, 15) is 0 Å². The molecule has 0 aliphatic carbocycles. The topological polar surface area (TPSA) is 0 Å². The smallest absolute Gasteiger partial charge is 0.0331 e. The van der Waals surface area contributed by atoms with Gasteiger partial charge in [0.1, 0.15) is 0 Å². The van der Waals surface area contributed by atoms with Crippen LogP contribution in [0.2, 0.25) is 0 Å². The Morgan fingerprint density at radius 3 is 2.53 bits per heavy atom. The SMILES string of the molecule is C=c1c(C)c(CCC(C)CC)s/c1=C(\C)CC. The Labute approximate surface area is 110 Å². The molecular weight excluding hydrogens is 224 g/mol. The molecule has 1 unspecified atom stereocenters. The van der Waals surface area contributed by atoms with Crippen LogP contribution >= 0.6 is 11.3 Å². The van der Waals surface area contributed by atoms with Crippen molar-refractivity contribution in [2.75, 3.05) is 0 Å². The normalized spacial score (nSPS) is 14.9. The van der Waals surface area contributed by atoms with Crippen LogP contribution in [0.3, 0.4) is 0 Å². The van der Waals surface area contributed by atoms with E-state index in [1.165, 1.54) is 40.2 Å². The number of hydrogen-bond acceptors (Lipinski definition) is 1. The Morgan fingerprint density at radius 1 is 1.35 bits per heavy atom. The zero-order valence-electron chi connectivity index (χ0n) is 12.0. The standard InChI is InChI=1S/C16H26S/c1-7-11(3)9-10-15-13(5)14(6)16(17-15)12(4)8-2/h11H,6-10H2,1-5H3/b16-12+. The van der Waals surface area contributed by atoms with Gasteiger partial charge in [0.25, 0.3) is 0 Å². The lowest BCUT2D eigenvalue weighted by Gasteiger charge is -2.06. The molecule has 0 aliphatic rings. The van der Waals surface area contributed by atoms with Gasteiger partial charge >= 0.3 is 0 Å². The third-order valence-corrected chi connectivity index (χ3v) is 5.41. The van der Waals surface area contributed by atoms with Crippen molar-refractivity contribution in [1.82, 2.24) is 0 Å². The minimum Gasteiger partial charge on any atom is -0.140 e. The zero-order chi connectivity index (χ0) is 13.0. The summed E-state index contributed by atoms with van der Waals surface area (Å²) in [6, 6.07) is 0. The van der Waals surface area contributed by atoms with Gasteiger partial charge in [0.2, 0.25) is 0 Å². The minimum absolute atomic E-state index is 0.837. The molecule has 0 fully saturated rings. The maximum Gasteiger partial charge on any atom is 0.0331 e. The van der Waals surface area contributed by atoms with Crippen LogP contribution in [-0.2, 0) is 6.42 Å². The first-order chi connectivity index (χ1) is 8.01. The summed E-state index contributed by atoms with van der Waals surface area (Å²) in [6.07, 6.45) is 4.95. The van der Waals surface area contributed by atoms with Crippen LogP contribution in [0.1, 0.15) is 57.4 Å². The molecular formula is C16H26S. The molecule has 0 saturated carbocycles. The molecule has 1 atom stereocenters. The molecule has 0 saturated heterocycles. The highest BCUT2D eigenvalue weighted by Crippen LogP contribution is 2.16. The molecule has 1 rings (SSSR count). The van der Waals surface area contributed by atoms with E-state index in [1.807, 2.05) is 11.3 Å². The molecule has 96 valence electrons. The molecule has 17 heavy (non-hydrogen) atoms.